The number of aromatic amines is 1. The van der Waals surface area contributed by atoms with Gasteiger partial charge in [0.05, 0.1) is 11.5 Å². The molecule has 104 valence electrons. The first-order chi connectivity index (χ1) is 9.49. The number of halogens is 1. The van der Waals surface area contributed by atoms with Crippen LogP contribution in [0.1, 0.15) is 16.2 Å². The lowest BCUT2D eigenvalue weighted by atomic mass is 10.1. The Bertz CT molecular complexity index is 642. The number of amides is 1. The molecule has 1 heterocycles. The van der Waals surface area contributed by atoms with Crippen LogP contribution in [-0.2, 0) is 6.54 Å². The molecule has 0 aliphatic carbocycles. The summed E-state index contributed by atoms with van der Waals surface area (Å²) in [5.41, 5.74) is -0.614. The molecule has 0 spiro atoms. The van der Waals surface area contributed by atoms with E-state index < -0.39 is 22.3 Å². The Morgan fingerprint density at radius 1 is 1.55 bits per heavy atom. The Morgan fingerprint density at radius 2 is 2.30 bits per heavy atom. The fourth-order valence-corrected chi connectivity index (χ4v) is 1.69. The van der Waals surface area contributed by atoms with E-state index >= 15 is 0 Å². The van der Waals surface area contributed by atoms with Crippen LogP contribution in [-0.4, -0.2) is 32.7 Å². The van der Waals surface area contributed by atoms with Crippen molar-refractivity contribution in [3.8, 4) is 0 Å². The van der Waals surface area contributed by atoms with Gasteiger partial charge in [0, 0.05) is 31.1 Å². The summed E-state index contributed by atoms with van der Waals surface area (Å²) in [4.78, 5) is 29.9. The van der Waals surface area contributed by atoms with E-state index in [1.165, 1.54) is 18.0 Å². The van der Waals surface area contributed by atoms with E-state index in [-0.39, 0.29) is 12.1 Å². The monoisotopic (exact) mass is 278 g/mol. The molecule has 2 rings (SSSR count). The van der Waals surface area contributed by atoms with Crippen LogP contribution < -0.4 is 0 Å². The molecule has 0 radical (unpaired) electrons. The van der Waals surface area contributed by atoms with Gasteiger partial charge in [0.25, 0.3) is 5.91 Å². The summed E-state index contributed by atoms with van der Waals surface area (Å²) in [7, 11) is 1.53. The van der Waals surface area contributed by atoms with E-state index in [0.717, 1.165) is 12.1 Å². The summed E-state index contributed by atoms with van der Waals surface area (Å²) >= 11 is 0. The molecule has 0 unspecified atom stereocenters. The van der Waals surface area contributed by atoms with Crippen LogP contribution in [0.25, 0.3) is 0 Å². The second-order valence-corrected chi connectivity index (χ2v) is 4.12. The molecule has 1 amide bonds. The molecule has 0 aliphatic heterocycles. The second kappa shape index (κ2) is 5.47. The van der Waals surface area contributed by atoms with E-state index in [4.69, 9.17) is 0 Å². The van der Waals surface area contributed by atoms with Crippen molar-refractivity contribution < 1.29 is 14.1 Å². The van der Waals surface area contributed by atoms with Gasteiger partial charge in [-0.3, -0.25) is 14.9 Å². The van der Waals surface area contributed by atoms with Gasteiger partial charge >= 0.3 is 5.69 Å². The molecule has 7 nitrogen and oxygen atoms in total. The van der Waals surface area contributed by atoms with Crippen LogP contribution in [0.3, 0.4) is 0 Å². The van der Waals surface area contributed by atoms with E-state index in [2.05, 4.69) is 9.97 Å². The molecular weight excluding hydrogens is 267 g/mol. The van der Waals surface area contributed by atoms with E-state index in [1.54, 1.807) is 12.4 Å². The standard InChI is InChI=1S/C12H11FN4O3/c1-16(7-11-14-4-5-15-11)12(18)8-2-3-10(17(19)20)9(13)6-8/h2-6H,7H2,1H3,(H,14,15). The Balaban J connectivity index is 2.16. The quantitative estimate of drug-likeness (QED) is 0.681. The maximum atomic E-state index is 13.5. The number of carbonyl (C=O) groups is 1. The number of nitro groups is 1. The number of benzene rings is 1. The normalized spacial score (nSPS) is 10.3. The summed E-state index contributed by atoms with van der Waals surface area (Å²) in [6.07, 6.45) is 3.18. The van der Waals surface area contributed by atoms with Crippen molar-refractivity contribution in [3.63, 3.8) is 0 Å². The molecule has 0 saturated heterocycles. The summed E-state index contributed by atoms with van der Waals surface area (Å²) in [5.74, 6) is -0.898. The van der Waals surface area contributed by atoms with Crippen LogP contribution in [0.2, 0.25) is 0 Å². The van der Waals surface area contributed by atoms with Crippen molar-refractivity contribution in [1.29, 1.82) is 0 Å². The predicted molar refractivity (Wildman–Crippen MR) is 67.4 cm³/mol. The molecule has 2 aromatic rings. The lowest BCUT2D eigenvalue weighted by Crippen LogP contribution is -2.26. The molecule has 20 heavy (non-hydrogen) atoms. The average Bonchev–Trinajstić information content (AvgIpc) is 2.90. The molecule has 1 aromatic heterocycles. The topological polar surface area (TPSA) is 92.1 Å². The molecular formula is C12H11FN4O3. The molecule has 0 bridgehead atoms. The Kier molecular flexibility index (Phi) is 3.74. The van der Waals surface area contributed by atoms with E-state index in [9.17, 15) is 19.3 Å². The zero-order valence-electron chi connectivity index (χ0n) is 10.5. The summed E-state index contributed by atoms with van der Waals surface area (Å²) < 4.78 is 13.5. The first-order valence-corrected chi connectivity index (χ1v) is 5.66. The number of carbonyl (C=O) groups excluding carboxylic acids is 1. The molecule has 1 N–H and O–H groups in total. The minimum absolute atomic E-state index is 0.0437. The minimum atomic E-state index is -1.03. The lowest BCUT2D eigenvalue weighted by molar-refractivity contribution is -0.387. The van der Waals surface area contributed by atoms with Crippen molar-refractivity contribution in [3.05, 3.63) is 57.9 Å². The largest absolute Gasteiger partial charge is 0.347 e. The maximum absolute atomic E-state index is 13.5. The number of H-pyrrole nitrogens is 1. The third-order valence-corrected chi connectivity index (χ3v) is 2.68. The third kappa shape index (κ3) is 2.79. The van der Waals surface area contributed by atoms with E-state index in [0.29, 0.717) is 5.82 Å². The fraction of sp³-hybridized carbons (Fsp3) is 0.167. The van der Waals surface area contributed by atoms with E-state index in [1.807, 2.05) is 0 Å². The van der Waals surface area contributed by atoms with Gasteiger partial charge in [-0.1, -0.05) is 0 Å². The highest BCUT2D eigenvalue weighted by Crippen LogP contribution is 2.19. The smallest absolute Gasteiger partial charge is 0.304 e. The number of nitro benzene ring substituents is 1. The van der Waals surface area contributed by atoms with Gasteiger partial charge in [-0.2, -0.15) is 4.39 Å². The Hall–Kier alpha value is -2.77. The zero-order chi connectivity index (χ0) is 14.7. The summed E-state index contributed by atoms with van der Waals surface area (Å²) in [6, 6.07) is 3.06. The maximum Gasteiger partial charge on any atom is 0.304 e. The Morgan fingerprint density at radius 3 is 2.85 bits per heavy atom. The summed E-state index contributed by atoms with van der Waals surface area (Å²) in [6.45, 7) is 0.227. The highest BCUT2D eigenvalue weighted by molar-refractivity contribution is 5.94. The van der Waals surface area contributed by atoms with Gasteiger partial charge in [0.2, 0.25) is 5.82 Å². The highest BCUT2D eigenvalue weighted by atomic mass is 19.1. The molecule has 8 heteroatoms. The first-order valence-electron chi connectivity index (χ1n) is 5.66. The van der Waals surface area contributed by atoms with Gasteiger partial charge in [-0.05, 0) is 12.1 Å². The fourth-order valence-electron chi connectivity index (χ4n) is 1.69. The van der Waals surface area contributed by atoms with Crippen LogP contribution in [0.5, 0.6) is 0 Å². The Labute approximate surface area is 113 Å². The van der Waals surface area contributed by atoms with Crippen molar-refractivity contribution in [2.75, 3.05) is 7.05 Å². The van der Waals surface area contributed by atoms with Crippen LogP contribution in [0, 0.1) is 15.9 Å². The number of hydrogen-bond acceptors (Lipinski definition) is 4. The molecule has 0 aliphatic rings. The van der Waals surface area contributed by atoms with Gasteiger partial charge in [-0.15, -0.1) is 0 Å². The minimum Gasteiger partial charge on any atom is -0.347 e. The van der Waals surface area contributed by atoms with Gasteiger partial charge in [0.15, 0.2) is 0 Å². The van der Waals surface area contributed by atoms with Crippen LogP contribution in [0.4, 0.5) is 10.1 Å². The number of nitrogens with one attached hydrogen (secondary N) is 1. The van der Waals surface area contributed by atoms with Gasteiger partial charge < -0.3 is 9.88 Å². The number of rotatable bonds is 4. The number of aromatic nitrogens is 2. The third-order valence-electron chi connectivity index (χ3n) is 2.68. The molecule has 0 saturated carbocycles. The van der Waals surface area contributed by atoms with Gasteiger partial charge in [-0.25, -0.2) is 4.98 Å². The SMILES string of the molecule is CN(Cc1ncc[nH]1)C(=O)c1ccc([N+](=O)[O-])c(F)c1. The lowest BCUT2D eigenvalue weighted by Gasteiger charge is -2.15. The van der Waals surface area contributed by atoms with Crippen molar-refractivity contribution in [1.82, 2.24) is 14.9 Å². The van der Waals surface area contributed by atoms with Crippen molar-refractivity contribution in [2.45, 2.75) is 6.54 Å². The van der Waals surface area contributed by atoms with Crippen molar-refractivity contribution >= 4 is 11.6 Å². The van der Waals surface area contributed by atoms with Gasteiger partial charge in [0.1, 0.15) is 5.82 Å². The molecule has 0 atom stereocenters. The van der Waals surface area contributed by atoms with Crippen molar-refractivity contribution in [2.24, 2.45) is 0 Å². The number of imidazole rings is 1. The number of hydrogen-bond donors (Lipinski definition) is 1. The first kappa shape index (κ1) is 13.7. The second-order valence-electron chi connectivity index (χ2n) is 4.12. The highest BCUT2D eigenvalue weighted by Gasteiger charge is 2.19. The molecule has 0 fully saturated rings. The average molecular weight is 278 g/mol. The summed E-state index contributed by atoms with van der Waals surface area (Å²) in [5, 5.41) is 10.5. The van der Waals surface area contributed by atoms with Crippen LogP contribution >= 0.6 is 0 Å². The number of nitrogens with zero attached hydrogens (tertiary/aromatic N) is 3. The molecule has 1 aromatic carbocycles. The zero-order valence-corrected chi connectivity index (χ0v) is 10.5. The predicted octanol–water partition coefficient (Wildman–Crippen LogP) is 1.73. The van der Waals surface area contributed by atoms with Crippen LogP contribution in [0.15, 0.2) is 30.6 Å².